The van der Waals surface area contributed by atoms with Crippen molar-refractivity contribution in [1.29, 1.82) is 0 Å². The predicted octanol–water partition coefficient (Wildman–Crippen LogP) is 6.32. The highest BCUT2D eigenvalue weighted by Crippen LogP contribution is 2.30. The fourth-order valence-electron chi connectivity index (χ4n) is 3.11. The molecule has 124 valence electrons. The van der Waals surface area contributed by atoms with E-state index in [1.165, 1.54) is 11.3 Å². The second-order valence-electron chi connectivity index (χ2n) is 6.11. The molecule has 4 rings (SSSR count). The summed E-state index contributed by atoms with van der Waals surface area (Å²) in [4.78, 5) is 4.95. The van der Waals surface area contributed by atoms with Crippen molar-refractivity contribution in [2.75, 3.05) is 0 Å². The fraction of sp³-hybridized carbons (Fsp3) is 0.0952. The minimum atomic E-state index is 0.732. The Labute approximate surface area is 160 Å². The van der Waals surface area contributed by atoms with Gasteiger partial charge in [0.15, 0.2) is 0 Å². The molecule has 4 heteroatoms. The molecule has 0 N–H and O–H groups in total. The first kappa shape index (κ1) is 16.4. The smallest absolute Gasteiger partial charge is 0.140 e. The summed E-state index contributed by atoms with van der Waals surface area (Å²) >= 11 is 9.67. The highest BCUT2D eigenvalue weighted by Gasteiger charge is 2.16. The number of nitrogens with zero attached hydrogens (tertiary/aromatic N) is 2. The van der Waals surface area contributed by atoms with Gasteiger partial charge < -0.3 is 4.40 Å². The van der Waals surface area contributed by atoms with Gasteiger partial charge in [-0.25, -0.2) is 4.98 Å². The maximum atomic E-state index is 6.06. The van der Waals surface area contributed by atoms with Crippen molar-refractivity contribution < 1.29 is 0 Å². The van der Waals surface area contributed by atoms with E-state index in [4.69, 9.17) is 16.6 Å². The molecule has 25 heavy (non-hydrogen) atoms. The molecule has 0 atom stereocenters. The molecule has 0 aliphatic rings. The van der Waals surface area contributed by atoms with Crippen LogP contribution in [0.4, 0.5) is 0 Å². The molecule has 2 aromatic heterocycles. The van der Waals surface area contributed by atoms with Gasteiger partial charge in [-0.1, -0.05) is 54.1 Å². The molecule has 0 amide bonds. The molecule has 0 aliphatic heterocycles. The lowest BCUT2D eigenvalue weighted by Gasteiger charge is -2.07. The first-order valence-electron chi connectivity index (χ1n) is 8.09. The molecule has 0 saturated heterocycles. The lowest BCUT2D eigenvalue weighted by molar-refractivity contribution is 1.02. The number of rotatable bonds is 3. The largest absolute Gasteiger partial charge is 0.302 e. The molecule has 0 spiro atoms. The number of fused-ring (bicyclic) bond motifs is 1. The van der Waals surface area contributed by atoms with E-state index in [-0.39, 0.29) is 0 Å². The molecule has 2 heterocycles. The number of halogens is 2. The minimum Gasteiger partial charge on any atom is -0.302 e. The quantitative estimate of drug-likeness (QED) is 0.386. The number of aromatic nitrogens is 2. The topological polar surface area (TPSA) is 17.3 Å². The van der Waals surface area contributed by atoms with Crippen LogP contribution >= 0.6 is 27.5 Å². The summed E-state index contributed by atoms with van der Waals surface area (Å²) in [7, 11) is 0. The summed E-state index contributed by atoms with van der Waals surface area (Å²) in [5, 5.41) is 0.732. The zero-order chi connectivity index (χ0) is 17.4. The van der Waals surface area contributed by atoms with Crippen molar-refractivity contribution in [3.8, 4) is 11.3 Å². The number of hydrogen-bond acceptors (Lipinski definition) is 1. The normalized spacial score (nSPS) is 11.2. The highest BCUT2D eigenvalue weighted by atomic mass is 79.9. The van der Waals surface area contributed by atoms with Gasteiger partial charge in [-0.15, -0.1) is 0 Å². The number of pyridine rings is 1. The van der Waals surface area contributed by atoms with Crippen LogP contribution in [-0.2, 0) is 6.42 Å². The summed E-state index contributed by atoms with van der Waals surface area (Å²) < 4.78 is 3.24. The Balaban J connectivity index is 1.95. The minimum absolute atomic E-state index is 0.732. The Morgan fingerprint density at radius 2 is 1.76 bits per heavy atom. The maximum Gasteiger partial charge on any atom is 0.140 e. The molecular weight excluding hydrogens is 396 g/mol. The van der Waals surface area contributed by atoms with Gasteiger partial charge in [0.2, 0.25) is 0 Å². The van der Waals surface area contributed by atoms with Crippen molar-refractivity contribution in [3.63, 3.8) is 0 Å². The van der Waals surface area contributed by atoms with Crippen LogP contribution in [0.15, 0.2) is 71.3 Å². The molecule has 0 bridgehead atoms. The van der Waals surface area contributed by atoms with Crippen LogP contribution < -0.4 is 0 Å². The van der Waals surface area contributed by atoms with Gasteiger partial charge >= 0.3 is 0 Å². The average Bonchev–Trinajstić information content (AvgIpc) is 2.95. The third-order valence-electron chi connectivity index (χ3n) is 4.30. The van der Waals surface area contributed by atoms with Gasteiger partial charge in [-0.2, -0.15) is 0 Å². The second-order valence-corrected chi connectivity index (χ2v) is 7.46. The lowest BCUT2D eigenvalue weighted by atomic mass is 10.0. The Bertz CT molecular complexity index is 1040. The van der Waals surface area contributed by atoms with Crippen LogP contribution in [0.25, 0.3) is 16.9 Å². The van der Waals surface area contributed by atoms with Crippen LogP contribution in [0.3, 0.4) is 0 Å². The SMILES string of the molecule is Cc1cc(Br)cn2c(Cc3ccccc3)c(-c3ccc(Cl)cc3)nc12. The number of hydrogen-bond donors (Lipinski definition) is 0. The summed E-state index contributed by atoms with van der Waals surface area (Å²) in [6.07, 6.45) is 2.91. The zero-order valence-electron chi connectivity index (χ0n) is 13.7. The Morgan fingerprint density at radius 1 is 1.04 bits per heavy atom. The van der Waals surface area contributed by atoms with Crippen LogP contribution in [0, 0.1) is 6.92 Å². The van der Waals surface area contributed by atoms with Crippen LogP contribution in [0.2, 0.25) is 5.02 Å². The molecular formula is C21H16BrClN2. The third-order valence-corrected chi connectivity index (χ3v) is 4.99. The van der Waals surface area contributed by atoms with E-state index in [9.17, 15) is 0 Å². The van der Waals surface area contributed by atoms with Crippen molar-refractivity contribution in [2.45, 2.75) is 13.3 Å². The summed E-state index contributed by atoms with van der Waals surface area (Å²) in [5.74, 6) is 0. The Kier molecular flexibility index (Phi) is 4.36. The van der Waals surface area contributed by atoms with Gasteiger partial charge in [-0.3, -0.25) is 0 Å². The van der Waals surface area contributed by atoms with Crippen LogP contribution in [0.5, 0.6) is 0 Å². The standard InChI is InChI=1S/C21H16BrClN2/c1-14-11-17(22)13-25-19(12-15-5-3-2-4-6-15)20(24-21(14)25)16-7-9-18(23)10-8-16/h2-11,13H,12H2,1H3. The average molecular weight is 412 g/mol. The van der Waals surface area contributed by atoms with E-state index in [2.05, 4.69) is 63.8 Å². The fourth-order valence-corrected chi connectivity index (χ4v) is 3.79. The molecule has 0 saturated carbocycles. The first-order chi connectivity index (χ1) is 12.1. The maximum absolute atomic E-state index is 6.06. The Hall–Kier alpha value is -2.10. The van der Waals surface area contributed by atoms with Gasteiger partial charge in [0.1, 0.15) is 5.65 Å². The van der Waals surface area contributed by atoms with E-state index in [1.54, 1.807) is 0 Å². The summed E-state index contributed by atoms with van der Waals surface area (Å²) in [6, 6.07) is 20.5. The van der Waals surface area contributed by atoms with Gasteiger partial charge in [0.05, 0.1) is 11.4 Å². The third kappa shape index (κ3) is 3.22. The van der Waals surface area contributed by atoms with Gasteiger partial charge in [-0.05, 0) is 52.2 Å². The van der Waals surface area contributed by atoms with Gasteiger partial charge in [0, 0.05) is 27.7 Å². The van der Waals surface area contributed by atoms with E-state index in [0.29, 0.717) is 0 Å². The molecule has 0 fully saturated rings. The van der Waals surface area contributed by atoms with Crippen LogP contribution in [-0.4, -0.2) is 9.38 Å². The summed E-state index contributed by atoms with van der Waals surface area (Å²) in [6.45, 7) is 2.09. The number of aryl methyl sites for hydroxylation is 1. The molecule has 4 aromatic rings. The molecule has 0 aliphatic carbocycles. The van der Waals surface area contributed by atoms with E-state index >= 15 is 0 Å². The van der Waals surface area contributed by atoms with E-state index in [0.717, 1.165) is 38.4 Å². The van der Waals surface area contributed by atoms with Crippen molar-refractivity contribution >= 4 is 33.2 Å². The molecule has 0 unspecified atom stereocenters. The van der Waals surface area contributed by atoms with Crippen molar-refractivity contribution in [2.24, 2.45) is 0 Å². The zero-order valence-corrected chi connectivity index (χ0v) is 16.1. The first-order valence-corrected chi connectivity index (χ1v) is 9.26. The Morgan fingerprint density at radius 3 is 2.48 bits per heavy atom. The summed E-state index contributed by atoms with van der Waals surface area (Å²) in [5.41, 5.74) is 6.64. The monoisotopic (exact) mass is 410 g/mol. The van der Waals surface area contributed by atoms with Gasteiger partial charge in [0.25, 0.3) is 0 Å². The number of benzene rings is 2. The number of imidazole rings is 1. The van der Waals surface area contributed by atoms with Crippen molar-refractivity contribution in [1.82, 2.24) is 9.38 Å². The lowest BCUT2D eigenvalue weighted by Crippen LogP contribution is -1.97. The van der Waals surface area contributed by atoms with Crippen LogP contribution in [0.1, 0.15) is 16.8 Å². The molecule has 2 nitrogen and oxygen atoms in total. The van der Waals surface area contributed by atoms with Crippen molar-refractivity contribution in [3.05, 3.63) is 93.2 Å². The molecule has 0 radical (unpaired) electrons. The second kappa shape index (κ2) is 6.66. The molecule has 2 aromatic carbocycles. The van der Waals surface area contributed by atoms with E-state index < -0.39 is 0 Å². The van der Waals surface area contributed by atoms with E-state index in [1.807, 2.05) is 30.3 Å². The predicted molar refractivity (Wildman–Crippen MR) is 107 cm³/mol. The highest BCUT2D eigenvalue weighted by molar-refractivity contribution is 9.10.